The van der Waals surface area contributed by atoms with Crippen molar-refractivity contribution in [1.29, 1.82) is 0 Å². The molecule has 0 radical (unpaired) electrons. The standard InChI is InChI=1S/C23H18BrN3O4S/c1-30-20-11-16(6-9-19(20)28)12-21-22(29)27(14-18-3-2-10-31-18)23(32-21)26-25-13-15-4-7-17(24)8-5-15/h2-13,28H,14H2,1H3/b21-12-,25-13-,26-23+. The fourth-order valence-corrected chi connectivity index (χ4v) is 4.11. The summed E-state index contributed by atoms with van der Waals surface area (Å²) in [6.45, 7) is 0.238. The molecule has 1 N–H and O–H groups in total. The summed E-state index contributed by atoms with van der Waals surface area (Å²) in [4.78, 5) is 15.1. The van der Waals surface area contributed by atoms with Crippen molar-refractivity contribution >= 4 is 51.1 Å². The predicted octanol–water partition coefficient (Wildman–Crippen LogP) is 5.26. The van der Waals surface area contributed by atoms with Gasteiger partial charge in [0.2, 0.25) is 0 Å². The Morgan fingerprint density at radius 3 is 2.69 bits per heavy atom. The van der Waals surface area contributed by atoms with E-state index in [0.29, 0.717) is 27.1 Å². The highest BCUT2D eigenvalue weighted by Crippen LogP contribution is 2.35. The zero-order valence-electron chi connectivity index (χ0n) is 16.9. The van der Waals surface area contributed by atoms with Gasteiger partial charge < -0.3 is 14.3 Å². The average Bonchev–Trinajstić information content (AvgIpc) is 3.41. The lowest BCUT2D eigenvalue weighted by atomic mass is 10.2. The smallest absolute Gasteiger partial charge is 0.267 e. The maximum Gasteiger partial charge on any atom is 0.267 e. The molecule has 0 saturated carbocycles. The Balaban J connectivity index is 1.62. The van der Waals surface area contributed by atoms with Crippen LogP contribution in [0.2, 0.25) is 0 Å². The van der Waals surface area contributed by atoms with E-state index >= 15 is 0 Å². The number of nitrogens with zero attached hydrogens (tertiary/aromatic N) is 3. The Morgan fingerprint density at radius 2 is 1.97 bits per heavy atom. The summed E-state index contributed by atoms with van der Waals surface area (Å²) in [6.07, 6.45) is 4.91. The summed E-state index contributed by atoms with van der Waals surface area (Å²) in [5.41, 5.74) is 1.60. The topological polar surface area (TPSA) is 87.6 Å². The first-order valence-corrected chi connectivity index (χ1v) is 11.1. The number of carbonyl (C=O) groups is 1. The van der Waals surface area contributed by atoms with E-state index in [1.54, 1.807) is 42.8 Å². The molecule has 3 aromatic rings. The van der Waals surface area contributed by atoms with Crippen molar-refractivity contribution in [3.8, 4) is 11.5 Å². The number of aromatic hydroxyl groups is 1. The second-order valence-corrected chi connectivity index (χ2v) is 8.62. The molecule has 0 spiro atoms. The van der Waals surface area contributed by atoms with Crippen LogP contribution >= 0.6 is 27.7 Å². The molecule has 0 aliphatic carbocycles. The van der Waals surface area contributed by atoms with Crippen LogP contribution in [0.4, 0.5) is 0 Å². The van der Waals surface area contributed by atoms with Gasteiger partial charge in [-0.2, -0.15) is 5.10 Å². The molecule has 9 heteroatoms. The predicted molar refractivity (Wildman–Crippen MR) is 129 cm³/mol. The van der Waals surface area contributed by atoms with E-state index < -0.39 is 0 Å². The number of hydrogen-bond donors (Lipinski definition) is 1. The monoisotopic (exact) mass is 511 g/mol. The van der Waals surface area contributed by atoms with E-state index in [2.05, 4.69) is 26.1 Å². The SMILES string of the molecule is COc1cc(/C=C2\S/C(=N/N=C\c3ccc(Br)cc3)N(Cc3ccco3)C2=O)ccc1O. The Kier molecular flexibility index (Phi) is 6.77. The molecule has 1 fully saturated rings. The Labute approximate surface area is 197 Å². The molecule has 4 rings (SSSR count). The van der Waals surface area contributed by atoms with Gasteiger partial charge in [0.25, 0.3) is 5.91 Å². The van der Waals surface area contributed by atoms with Crippen molar-refractivity contribution in [2.24, 2.45) is 10.2 Å². The van der Waals surface area contributed by atoms with Gasteiger partial charge in [-0.3, -0.25) is 9.69 Å². The molecule has 7 nitrogen and oxygen atoms in total. The highest BCUT2D eigenvalue weighted by molar-refractivity contribution is 9.10. The number of amidine groups is 1. The molecule has 2 aromatic carbocycles. The maximum atomic E-state index is 13.1. The molecule has 1 amide bonds. The first-order valence-electron chi connectivity index (χ1n) is 9.51. The molecule has 0 atom stereocenters. The van der Waals surface area contributed by atoms with Crippen molar-refractivity contribution in [1.82, 2.24) is 4.90 Å². The van der Waals surface area contributed by atoms with Gasteiger partial charge in [0.05, 0.1) is 31.0 Å². The lowest BCUT2D eigenvalue weighted by Crippen LogP contribution is -2.28. The van der Waals surface area contributed by atoms with E-state index in [9.17, 15) is 9.90 Å². The number of ether oxygens (including phenoxy) is 1. The van der Waals surface area contributed by atoms with Crippen LogP contribution in [0.25, 0.3) is 6.08 Å². The van der Waals surface area contributed by atoms with E-state index in [1.165, 1.54) is 29.8 Å². The number of halogens is 1. The summed E-state index contributed by atoms with van der Waals surface area (Å²) in [7, 11) is 1.47. The number of amides is 1. The van der Waals surface area contributed by atoms with Gasteiger partial charge in [0, 0.05) is 4.47 Å². The van der Waals surface area contributed by atoms with Crippen LogP contribution < -0.4 is 4.74 Å². The minimum Gasteiger partial charge on any atom is -0.504 e. The first kappa shape index (κ1) is 21.9. The van der Waals surface area contributed by atoms with Gasteiger partial charge in [0.15, 0.2) is 16.7 Å². The van der Waals surface area contributed by atoms with Crippen LogP contribution in [0.1, 0.15) is 16.9 Å². The quantitative estimate of drug-likeness (QED) is 0.277. The van der Waals surface area contributed by atoms with Crippen LogP contribution in [-0.2, 0) is 11.3 Å². The van der Waals surface area contributed by atoms with Gasteiger partial charge in [0.1, 0.15) is 5.76 Å². The molecule has 1 saturated heterocycles. The van der Waals surface area contributed by atoms with Gasteiger partial charge in [-0.1, -0.05) is 34.1 Å². The van der Waals surface area contributed by atoms with Crippen LogP contribution in [-0.4, -0.2) is 34.4 Å². The molecule has 0 unspecified atom stereocenters. The lowest BCUT2D eigenvalue weighted by Gasteiger charge is -2.12. The molecular weight excluding hydrogens is 494 g/mol. The summed E-state index contributed by atoms with van der Waals surface area (Å²) < 4.78 is 11.5. The zero-order chi connectivity index (χ0) is 22.5. The zero-order valence-corrected chi connectivity index (χ0v) is 19.3. The second-order valence-electron chi connectivity index (χ2n) is 6.69. The van der Waals surface area contributed by atoms with Crippen LogP contribution in [0.5, 0.6) is 11.5 Å². The number of rotatable bonds is 6. The van der Waals surface area contributed by atoms with Crippen molar-refractivity contribution in [2.45, 2.75) is 6.54 Å². The number of phenols is 1. The summed E-state index contributed by atoms with van der Waals surface area (Å²) in [6, 6.07) is 16.1. The van der Waals surface area contributed by atoms with E-state index in [-0.39, 0.29) is 18.2 Å². The summed E-state index contributed by atoms with van der Waals surface area (Å²) in [5.74, 6) is 0.784. The fraction of sp³-hybridized carbons (Fsp3) is 0.0870. The Bertz CT molecular complexity index is 1200. The number of carbonyl (C=O) groups excluding carboxylic acids is 1. The Hall–Kier alpha value is -3.30. The van der Waals surface area contributed by atoms with Crippen molar-refractivity contribution in [3.05, 3.63) is 87.1 Å². The number of methoxy groups -OCH3 is 1. The minimum atomic E-state index is -0.212. The number of thioether (sulfide) groups is 1. The number of benzene rings is 2. The lowest BCUT2D eigenvalue weighted by molar-refractivity contribution is -0.122. The van der Waals surface area contributed by atoms with Gasteiger partial charge in [-0.25, -0.2) is 0 Å². The normalized spacial score (nSPS) is 16.6. The van der Waals surface area contributed by atoms with Crippen molar-refractivity contribution < 1.29 is 19.1 Å². The molecule has 162 valence electrons. The van der Waals surface area contributed by atoms with Gasteiger partial charge >= 0.3 is 0 Å². The number of hydrogen-bond acceptors (Lipinski definition) is 7. The molecule has 0 bridgehead atoms. The third-order valence-electron chi connectivity index (χ3n) is 4.50. The number of phenolic OH excluding ortho intramolecular Hbond substituents is 1. The van der Waals surface area contributed by atoms with Gasteiger partial charge in [-0.05, 0) is 65.4 Å². The van der Waals surface area contributed by atoms with Crippen LogP contribution in [0.15, 0.2) is 84.9 Å². The third kappa shape index (κ3) is 5.12. The van der Waals surface area contributed by atoms with E-state index in [0.717, 1.165) is 10.0 Å². The summed E-state index contributed by atoms with van der Waals surface area (Å²) in [5, 5.41) is 18.7. The molecule has 1 aliphatic heterocycles. The number of furan rings is 1. The maximum absolute atomic E-state index is 13.1. The second kappa shape index (κ2) is 9.88. The van der Waals surface area contributed by atoms with E-state index in [1.807, 2.05) is 24.3 Å². The third-order valence-corrected chi connectivity index (χ3v) is 6.03. The highest BCUT2D eigenvalue weighted by Gasteiger charge is 2.34. The van der Waals surface area contributed by atoms with Crippen LogP contribution in [0.3, 0.4) is 0 Å². The minimum absolute atomic E-state index is 0.0315. The molecule has 2 heterocycles. The van der Waals surface area contributed by atoms with Crippen LogP contribution in [0, 0.1) is 0 Å². The molecule has 1 aromatic heterocycles. The van der Waals surface area contributed by atoms with E-state index in [4.69, 9.17) is 9.15 Å². The molecule has 32 heavy (non-hydrogen) atoms. The highest BCUT2D eigenvalue weighted by atomic mass is 79.9. The summed E-state index contributed by atoms with van der Waals surface area (Å²) >= 11 is 4.62. The Morgan fingerprint density at radius 1 is 1.19 bits per heavy atom. The first-order chi connectivity index (χ1) is 15.5. The molecular formula is C23H18BrN3O4S. The fourth-order valence-electron chi connectivity index (χ4n) is 2.91. The molecule has 1 aliphatic rings. The largest absolute Gasteiger partial charge is 0.504 e. The van der Waals surface area contributed by atoms with Crippen molar-refractivity contribution in [3.63, 3.8) is 0 Å². The van der Waals surface area contributed by atoms with Gasteiger partial charge in [-0.15, -0.1) is 5.10 Å². The average molecular weight is 512 g/mol. The van der Waals surface area contributed by atoms with Crippen molar-refractivity contribution in [2.75, 3.05) is 7.11 Å².